The Morgan fingerprint density at radius 3 is 2.06 bits per heavy atom. The van der Waals surface area contributed by atoms with E-state index in [1.54, 1.807) is 36.4 Å². The van der Waals surface area contributed by atoms with Crippen molar-refractivity contribution in [3.63, 3.8) is 0 Å². The van der Waals surface area contributed by atoms with E-state index in [2.05, 4.69) is 26.8 Å². The van der Waals surface area contributed by atoms with Crippen molar-refractivity contribution in [1.29, 1.82) is 0 Å². The van der Waals surface area contributed by atoms with Gasteiger partial charge in [-0.05, 0) is 60.4 Å². The summed E-state index contributed by atoms with van der Waals surface area (Å²) in [5.74, 6) is -2.64. The van der Waals surface area contributed by atoms with E-state index >= 15 is 0 Å². The third-order valence-corrected chi connectivity index (χ3v) is 8.14. The summed E-state index contributed by atoms with van der Waals surface area (Å²) in [5, 5.41) is 8.14. The Bertz CT molecular complexity index is 1730. The Balaban J connectivity index is 0.957. The zero-order valence-electron chi connectivity index (χ0n) is 27.7. The molecule has 0 saturated carbocycles. The average Bonchev–Trinajstić information content (AvgIpc) is 3.38. The molecule has 2 heterocycles. The van der Waals surface area contributed by atoms with Gasteiger partial charge in [-0.1, -0.05) is 37.3 Å². The summed E-state index contributed by atoms with van der Waals surface area (Å²) in [5.41, 5.74) is 9.28. The second kappa shape index (κ2) is 17.3. The van der Waals surface area contributed by atoms with Crippen molar-refractivity contribution in [1.82, 2.24) is 26.4 Å². The number of rotatable bonds is 17. The van der Waals surface area contributed by atoms with Gasteiger partial charge < -0.3 is 20.1 Å². The van der Waals surface area contributed by atoms with Crippen LogP contribution in [0.3, 0.4) is 0 Å². The fourth-order valence-corrected chi connectivity index (χ4v) is 5.55. The zero-order valence-corrected chi connectivity index (χ0v) is 27.7. The lowest BCUT2D eigenvalue weighted by Gasteiger charge is -2.27. The predicted molar refractivity (Wildman–Crippen MR) is 183 cm³/mol. The molecule has 0 aliphatic carbocycles. The molecule has 262 valence electrons. The molecule has 0 spiro atoms. The molecule has 1 unspecified atom stereocenters. The van der Waals surface area contributed by atoms with Gasteiger partial charge in [0.05, 0.1) is 37.6 Å². The van der Waals surface area contributed by atoms with Crippen LogP contribution in [0.1, 0.15) is 67.6 Å². The van der Waals surface area contributed by atoms with Crippen LogP contribution in [0.2, 0.25) is 0 Å². The van der Waals surface area contributed by atoms with E-state index in [4.69, 9.17) is 9.47 Å². The number of anilines is 1. The van der Waals surface area contributed by atoms with Gasteiger partial charge >= 0.3 is 0 Å². The molecule has 0 radical (unpaired) electrons. The van der Waals surface area contributed by atoms with Crippen LogP contribution in [-0.4, -0.2) is 92.4 Å². The molecule has 0 aromatic heterocycles. The van der Waals surface area contributed by atoms with E-state index < -0.39 is 29.7 Å². The Morgan fingerprint density at radius 2 is 1.42 bits per heavy atom. The van der Waals surface area contributed by atoms with Crippen LogP contribution >= 0.6 is 0 Å². The fraction of sp³-hybridized carbons (Fsp3) is 0.333. The summed E-state index contributed by atoms with van der Waals surface area (Å²) >= 11 is 0. The third-order valence-electron chi connectivity index (χ3n) is 8.14. The lowest BCUT2D eigenvalue weighted by Crippen LogP contribution is -2.54. The molecule has 3 aromatic rings. The summed E-state index contributed by atoms with van der Waals surface area (Å²) in [6.45, 7) is 4.61. The van der Waals surface area contributed by atoms with E-state index in [9.17, 15) is 28.8 Å². The molecule has 2 aliphatic rings. The van der Waals surface area contributed by atoms with Crippen LogP contribution in [0.25, 0.3) is 11.1 Å². The molecule has 2 aliphatic heterocycles. The van der Waals surface area contributed by atoms with Crippen molar-refractivity contribution in [2.75, 3.05) is 51.4 Å². The van der Waals surface area contributed by atoms with Gasteiger partial charge in [0.2, 0.25) is 11.8 Å². The van der Waals surface area contributed by atoms with Crippen LogP contribution in [-0.2, 0) is 19.1 Å². The normalized spacial score (nSPS) is 15.5. The molecule has 14 nitrogen and oxygen atoms in total. The Labute approximate surface area is 289 Å². The second-order valence-corrected chi connectivity index (χ2v) is 11.6. The number of hydrogen-bond donors (Lipinski definition) is 5. The van der Waals surface area contributed by atoms with Crippen LogP contribution < -0.4 is 26.8 Å². The smallest absolute Gasteiger partial charge is 0.265 e. The van der Waals surface area contributed by atoms with Crippen LogP contribution in [0, 0.1) is 0 Å². The number of hydrazine groups is 1. The van der Waals surface area contributed by atoms with Crippen molar-refractivity contribution in [2.45, 2.75) is 32.2 Å². The lowest BCUT2D eigenvalue weighted by molar-refractivity contribution is -0.136. The summed E-state index contributed by atoms with van der Waals surface area (Å²) in [6.07, 6.45) is 1.06. The van der Waals surface area contributed by atoms with Crippen molar-refractivity contribution >= 4 is 41.1 Å². The van der Waals surface area contributed by atoms with E-state index in [0.717, 1.165) is 22.4 Å². The number of fused-ring (bicyclic) bond motifs is 1. The van der Waals surface area contributed by atoms with Crippen molar-refractivity contribution in [3.05, 3.63) is 89.0 Å². The van der Waals surface area contributed by atoms with E-state index in [0.29, 0.717) is 62.9 Å². The highest BCUT2D eigenvalue weighted by atomic mass is 16.5. The van der Waals surface area contributed by atoms with Crippen LogP contribution in [0.4, 0.5) is 5.69 Å². The first kappa shape index (κ1) is 35.9. The topological polar surface area (TPSA) is 184 Å². The van der Waals surface area contributed by atoms with Gasteiger partial charge in [-0.15, -0.1) is 0 Å². The molecule has 0 bridgehead atoms. The maximum Gasteiger partial charge on any atom is 0.265 e. The maximum atomic E-state index is 13.2. The molecule has 1 fully saturated rings. The Hall–Kier alpha value is -5.44. The highest BCUT2D eigenvalue weighted by Gasteiger charge is 2.45. The maximum absolute atomic E-state index is 13.2. The summed E-state index contributed by atoms with van der Waals surface area (Å²) in [4.78, 5) is 75.6. The van der Waals surface area contributed by atoms with Crippen molar-refractivity contribution in [3.8, 4) is 11.1 Å². The van der Waals surface area contributed by atoms with E-state index in [1.807, 2.05) is 31.2 Å². The fourth-order valence-electron chi connectivity index (χ4n) is 5.55. The lowest BCUT2D eigenvalue weighted by atomic mass is 10.0. The van der Waals surface area contributed by atoms with Gasteiger partial charge in [0.25, 0.3) is 23.6 Å². The summed E-state index contributed by atoms with van der Waals surface area (Å²) < 4.78 is 11.2. The van der Waals surface area contributed by atoms with Crippen molar-refractivity contribution in [2.24, 2.45) is 0 Å². The Morgan fingerprint density at radius 1 is 0.780 bits per heavy atom. The number of carbonyl (C=O) groups excluding carboxylic acids is 6. The average molecular weight is 685 g/mol. The predicted octanol–water partition coefficient (Wildman–Crippen LogP) is 2.27. The van der Waals surface area contributed by atoms with Crippen LogP contribution in [0.15, 0.2) is 66.7 Å². The SMILES string of the molecule is CCCNNC(=O)c1ccc(-c2ccc(C(=O)NCCOCCOCCNc3cccc4c3C(=O)N(C3CCC(=O)NC3=O)C4=O)cc2)cc1. The standard InChI is InChI=1S/C36H40N6O8/c1-2-16-39-41-33(45)26-12-8-24(9-13-26)23-6-10-25(11-7-23)32(44)38-18-20-50-22-21-49-19-17-37-28-5-3-4-27-31(28)36(48)42(35(27)47)29-14-15-30(43)40-34(29)46/h3-13,29,37,39H,2,14-22H2,1H3,(H,38,44)(H,41,45)(H,40,43,46). The van der Waals surface area contributed by atoms with E-state index in [1.165, 1.54) is 6.07 Å². The first-order valence-corrected chi connectivity index (χ1v) is 16.5. The number of amides is 6. The minimum Gasteiger partial charge on any atom is -0.382 e. The highest BCUT2D eigenvalue weighted by Crippen LogP contribution is 2.32. The number of nitrogens with zero attached hydrogens (tertiary/aromatic N) is 1. The largest absolute Gasteiger partial charge is 0.382 e. The van der Waals surface area contributed by atoms with Gasteiger partial charge in [0.15, 0.2) is 0 Å². The van der Waals surface area contributed by atoms with E-state index in [-0.39, 0.29) is 35.8 Å². The highest BCUT2D eigenvalue weighted by molar-refractivity contribution is 6.25. The first-order chi connectivity index (χ1) is 24.3. The molecular weight excluding hydrogens is 644 g/mol. The number of piperidine rings is 1. The molecule has 1 atom stereocenters. The molecule has 14 heteroatoms. The summed E-state index contributed by atoms with van der Waals surface area (Å²) in [6, 6.07) is 18.3. The number of ether oxygens (including phenoxy) is 2. The minimum atomic E-state index is -1.03. The van der Waals surface area contributed by atoms with Gasteiger partial charge in [-0.25, -0.2) is 5.43 Å². The molecule has 50 heavy (non-hydrogen) atoms. The zero-order chi connectivity index (χ0) is 35.5. The monoisotopic (exact) mass is 684 g/mol. The third kappa shape index (κ3) is 8.77. The molecule has 6 amide bonds. The molecule has 5 N–H and O–H groups in total. The molecule has 3 aromatic carbocycles. The summed E-state index contributed by atoms with van der Waals surface area (Å²) in [7, 11) is 0. The molecule has 1 saturated heterocycles. The second-order valence-electron chi connectivity index (χ2n) is 11.6. The number of carbonyl (C=O) groups is 6. The quantitative estimate of drug-likeness (QED) is 0.0803. The number of imide groups is 2. The van der Waals surface area contributed by atoms with Gasteiger partial charge in [-0.2, -0.15) is 0 Å². The van der Waals surface area contributed by atoms with Gasteiger partial charge in [0.1, 0.15) is 6.04 Å². The van der Waals surface area contributed by atoms with Crippen molar-refractivity contribution < 1.29 is 38.2 Å². The number of benzene rings is 3. The Kier molecular flexibility index (Phi) is 12.4. The molecular formula is C36H40N6O8. The first-order valence-electron chi connectivity index (χ1n) is 16.5. The minimum absolute atomic E-state index is 0.0543. The van der Waals surface area contributed by atoms with Crippen LogP contribution in [0.5, 0.6) is 0 Å². The van der Waals surface area contributed by atoms with Gasteiger partial charge in [0, 0.05) is 42.9 Å². The number of nitrogens with one attached hydrogen (secondary N) is 5. The number of hydrogen-bond acceptors (Lipinski definition) is 10. The molecule has 5 rings (SSSR count). The van der Waals surface area contributed by atoms with Gasteiger partial charge in [-0.3, -0.25) is 44.4 Å².